The van der Waals surface area contributed by atoms with Crippen molar-refractivity contribution in [2.45, 2.75) is 44.1 Å². The van der Waals surface area contributed by atoms with Gasteiger partial charge in [0.25, 0.3) is 0 Å². The maximum absolute atomic E-state index is 12.7. The van der Waals surface area contributed by atoms with Crippen LogP contribution in [0.1, 0.15) is 43.0 Å². The first-order chi connectivity index (χ1) is 12.6. The van der Waals surface area contributed by atoms with E-state index in [-0.39, 0.29) is 5.78 Å². The average molecular weight is 389 g/mol. The summed E-state index contributed by atoms with van der Waals surface area (Å²) in [6.45, 7) is 0.388. The molecule has 6 heteroatoms. The standard InChI is InChI=1S/C20H22ClN3OS/c1-24(16-5-3-2-4-6-16)12-19(25)17(11-22)20-23-18(13-26-20)14-7-9-15(21)10-8-14/h7-10,13,16-17H,2-6,12H2,1H3/p+1/t17-/m0/s1. The predicted octanol–water partition coefficient (Wildman–Crippen LogP) is 3.49. The third-order valence-corrected chi connectivity index (χ3v) is 6.28. The summed E-state index contributed by atoms with van der Waals surface area (Å²) in [5, 5.41) is 12.7. The number of benzene rings is 1. The minimum atomic E-state index is -0.778. The van der Waals surface area contributed by atoms with Crippen LogP contribution in [0.3, 0.4) is 0 Å². The number of carbonyl (C=O) groups excluding carboxylic acids is 1. The van der Waals surface area contributed by atoms with E-state index < -0.39 is 5.92 Å². The highest BCUT2D eigenvalue weighted by molar-refractivity contribution is 7.10. The van der Waals surface area contributed by atoms with Crippen LogP contribution < -0.4 is 4.90 Å². The Morgan fingerprint density at radius 2 is 2.04 bits per heavy atom. The van der Waals surface area contributed by atoms with E-state index >= 15 is 0 Å². The normalized spacial score (nSPS) is 17.4. The van der Waals surface area contributed by atoms with Gasteiger partial charge >= 0.3 is 0 Å². The number of carbonyl (C=O) groups is 1. The summed E-state index contributed by atoms with van der Waals surface area (Å²) >= 11 is 7.30. The average Bonchev–Trinajstić information content (AvgIpc) is 3.13. The molecule has 0 aliphatic heterocycles. The zero-order chi connectivity index (χ0) is 18.5. The second-order valence-electron chi connectivity index (χ2n) is 6.96. The zero-order valence-electron chi connectivity index (χ0n) is 14.9. The summed E-state index contributed by atoms with van der Waals surface area (Å²) < 4.78 is 0. The van der Waals surface area contributed by atoms with E-state index in [1.807, 2.05) is 29.6 Å². The summed E-state index contributed by atoms with van der Waals surface area (Å²) in [7, 11) is 2.07. The number of aromatic nitrogens is 1. The Kier molecular flexibility index (Phi) is 6.42. The SMILES string of the molecule is C[NH+](CC(=O)[C@H](C#N)c1nc(-c2ccc(Cl)cc2)cs1)C1CCCCC1. The maximum atomic E-state index is 12.7. The first kappa shape index (κ1) is 19.0. The highest BCUT2D eigenvalue weighted by Crippen LogP contribution is 2.27. The number of nitrogens with zero attached hydrogens (tertiary/aromatic N) is 2. The van der Waals surface area contributed by atoms with Crippen molar-refractivity contribution in [1.29, 1.82) is 5.26 Å². The summed E-state index contributed by atoms with van der Waals surface area (Å²) in [5.41, 5.74) is 1.72. The summed E-state index contributed by atoms with van der Waals surface area (Å²) in [6.07, 6.45) is 6.14. The van der Waals surface area contributed by atoms with Crippen LogP contribution in [0.25, 0.3) is 11.3 Å². The van der Waals surface area contributed by atoms with Gasteiger partial charge in [-0.1, -0.05) is 30.2 Å². The molecule has 2 atom stereocenters. The van der Waals surface area contributed by atoms with Gasteiger partial charge in [0, 0.05) is 16.0 Å². The summed E-state index contributed by atoms with van der Waals surface area (Å²) in [6, 6.07) is 10.1. The van der Waals surface area contributed by atoms with Gasteiger partial charge in [-0.15, -0.1) is 11.3 Å². The molecule has 2 aromatic rings. The second kappa shape index (κ2) is 8.77. The Bertz CT molecular complexity index is 790. The molecule has 3 rings (SSSR count). The van der Waals surface area contributed by atoms with Crippen molar-refractivity contribution in [3.63, 3.8) is 0 Å². The van der Waals surface area contributed by atoms with E-state index in [0.29, 0.717) is 22.6 Å². The molecule has 1 aromatic carbocycles. The number of ketones is 1. The Morgan fingerprint density at radius 1 is 1.35 bits per heavy atom. The van der Waals surface area contributed by atoms with Crippen molar-refractivity contribution in [1.82, 2.24) is 4.98 Å². The van der Waals surface area contributed by atoms with Gasteiger partial charge in [-0.05, 0) is 37.8 Å². The quantitative estimate of drug-likeness (QED) is 0.824. The molecule has 1 unspecified atom stereocenters. The molecule has 1 N–H and O–H groups in total. The molecule has 1 heterocycles. The lowest BCUT2D eigenvalue weighted by Gasteiger charge is -2.28. The number of hydrogen-bond acceptors (Lipinski definition) is 4. The number of nitrogens with one attached hydrogen (secondary N) is 1. The third kappa shape index (κ3) is 4.50. The molecule has 1 aliphatic rings. The van der Waals surface area contributed by atoms with Gasteiger partial charge in [-0.3, -0.25) is 4.79 Å². The van der Waals surface area contributed by atoms with Crippen molar-refractivity contribution in [2.75, 3.05) is 13.6 Å². The van der Waals surface area contributed by atoms with Crippen LogP contribution in [0.5, 0.6) is 0 Å². The molecule has 1 saturated carbocycles. The van der Waals surface area contributed by atoms with Crippen molar-refractivity contribution in [3.05, 3.63) is 39.7 Å². The van der Waals surface area contributed by atoms with Crippen molar-refractivity contribution in [3.8, 4) is 17.3 Å². The first-order valence-corrected chi connectivity index (χ1v) is 10.3. The topological polar surface area (TPSA) is 58.2 Å². The molecular formula is C20H23ClN3OS+. The molecule has 26 heavy (non-hydrogen) atoms. The van der Waals surface area contributed by atoms with E-state index in [9.17, 15) is 10.1 Å². The van der Waals surface area contributed by atoms with Crippen LogP contribution in [0.15, 0.2) is 29.6 Å². The maximum Gasteiger partial charge on any atom is 0.210 e. The fourth-order valence-corrected chi connectivity index (χ4v) is 4.57. The Hall–Kier alpha value is -1.74. The number of hydrogen-bond donors (Lipinski definition) is 1. The number of Topliss-reactive ketones (excluding diaryl/α,β-unsaturated/α-hetero) is 1. The van der Waals surface area contributed by atoms with Crippen molar-refractivity contribution >= 4 is 28.7 Å². The molecular weight excluding hydrogens is 366 g/mol. The first-order valence-electron chi connectivity index (χ1n) is 9.04. The highest BCUT2D eigenvalue weighted by atomic mass is 35.5. The van der Waals surface area contributed by atoms with Crippen LogP contribution in [-0.2, 0) is 4.79 Å². The van der Waals surface area contributed by atoms with Crippen LogP contribution in [-0.4, -0.2) is 30.4 Å². The van der Waals surface area contributed by atoms with Crippen molar-refractivity contribution < 1.29 is 9.69 Å². The Labute approximate surface area is 163 Å². The number of halogens is 1. The van der Waals surface area contributed by atoms with Crippen LogP contribution >= 0.6 is 22.9 Å². The lowest BCUT2D eigenvalue weighted by atomic mass is 9.94. The lowest BCUT2D eigenvalue weighted by molar-refractivity contribution is -0.899. The number of likely N-dealkylation sites (N-methyl/N-ethyl adjacent to an activating group) is 1. The molecule has 1 aliphatic carbocycles. The minimum absolute atomic E-state index is 0.0346. The van der Waals surface area contributed by atoms with E-state index in [1.54, 1.807) is 0 Å². The Morgan fingerprint density at radius 3 is 2.69 bits per heavy atom. The smallest absolute Gasteiger partial charge is 0.210 e. The fraction of sp³-hybridized carbons (Fsp3) is 0.450. The van der Waals surface area contributed by atoms with Gasteiger partial charge in [0.15, 0.2) is 5.92 Å². The molecule has 0 spiro atoms. The van der Waals surface area contributed by atoms with Crippen LogP contribution in [0, 0.1) is 11.3 Å². The zero-order valence-corrected chi connectivity index (χ0v) is 16.4. The molecule has 1 aromatic heterocycles. The van der Waals surface area contributed by atoms with Crippen LogP contribution in [0.4, 0.5) is 0 Å². The molecule has 4 nitrogen and oxygen atoms in total. The fourth-order valence-electron chi connectivity index (χ4n) is 3.55. The molecule has 0 bridgehead atoms. The monoisotopic (exact) mass is 388 g/mol. The summed E-state index contributed by atoms with van der Waals surface area (Å²) in [5.74, 6) is -0.813. The summed E-state index contributed by atoms with van der Waals surface area (Å²) in [4.78, 5) is 18.5. The van der Waals surface area contributed by atoms with Crippen LogP contribution in [0.2, 0.25) is 5.02 Å². The van der Waals surface area contributed by atoms with E-state index in [1.165, 1.54) is 48.3 Å². The minimum Gasteiger partial charge on any atom is -0.329 e. The number of nitriles is 1. The number of rotatable bonds is 6. The van der Waals surface area contributed by atoms with E-state index in [0.717, 1.165) is 11.3 Å². The van der Waals surface area contributed by atoms with Gasteiger partial charge in [0.1, 0.15) is 11.6 Å². The molecule has 0 radical (unpaired) electrons. The van der Waals surface area contributed by atoms with Crippen molar-refractivity contribution in [2.24, 2.45) is 0 Å². The largest absolute Gasteiger partial charge is 0.329 e. The van der Waals surface area contributed by atoms with Gasteiger partial charge in [-0.25, -0.2) is 4.98 Å². The van der Waals surface area contributed by atoms with Gasteiger partial charge in [0.05, 0.1) is 24.9 Å². The van der Waals surface area contributed by atoms with Gasteiger partial charge in [-0.2, -0.15) is 5.26 Å². The predicted molar refractivity (Wildman–Crippen MR) is 105 cm³/mol. The van der Waals surface area contributed by atoms with Gasteiger partial charge < -0.3 is 4.90 Å². The lowest BCUT2D eigenvalue weighted by Crippen LogP contribution is -3.14. The Balaban J connectivity index is 1.69. The molecule has 1 fully saturated rings. The highest BCUT2D eigenvalue weighted by Gasteiger charge is 2.29. The van der Waals surface area contributed by atoms with E-state index in [2.05, 4.69) is 18.1 Å². The second-order valence-corrected chi connectivity index (χ2v) is 8.29. The molecule has 0 saturated heterocycles. The number of quaternary nitrogens is 1. The molecule has 136 valence electrons. The van der Waals surface area contributed by atoms with Gasteiger partial charge in [0.2, 0.25) is 5.78 Å². The van der Waals surface area contributed by atoms with E-state index in [4.69, 9.17) is 11.6 Å². The molecule has 0 amide bonds. The number of thiazole rings is 1. The third-order valence-electron chi connectivity index (χ3n) is 5.12.